The van der Waals surface area contributed by atoms with E-state index in [1.807, 2.05) is 24.3 Å². The highest BCUT2D eigenvalue weighted by Gasteiger charge is 2.29. The Morgan fingerprint density at radius 1 is 1.00 bits per heavy atom. The molecule has 0 unspecified atom stereocenters. The van der Waals surface area contributed by atoms with E-state index in [1.54, 1.807) is 0 Å². The van der Waals surface area contributed by atoms with Gasteiger partial charge in [-0.3, -0.25) is 0 Å². The molecule has 1 heterocycles. The molecule has 12 heavy (non-hydrogen) atoms. The molecule has 1 aliphatic carbocycles. The summed E-state index contributed by atoms with van der Waals surface area (Å²) in [5.41, 5.74) is 0. The lowest BCUT2D eigenvalue weighted by molar-refractivity contribution is 0.0351. The van der Waals surface area contributed by atoms with Gasteiger partial charge in [-0.1, -0.05) is 12.2 Å². The van der Waals surface area contributed by atoms with Crippen LogP contribution in [0.4, 0.5) is 0 Å². The summed E-state index contributed by atoms with van der Waals surface area (Å²) in [7, 11) is 0. The summed E-state index contributed by atoms with van der Waals surface area (Å²) in [6.45, 7) is 0. The van der Waals surface area contributed by atoms with Crippen LogP contribution in [0.25, 0.3) is 0 Å². The molecule has 0 amide bonds. The number of nitrogens with zero attached hydrogens (tertiary/aromatic N) is 1. The Labute approximate surface area is 72.5 Å². The maximum Gasteiger partial charge on any atom is 0.0579 e. The number of aliphatic hydroxyl groups is 1. The van der Waals surface area contributed by atoms with Crippen LogP contribution in [0.15, 0.2) is 36.7 Å². The van der Waals surface area contributed by atoms with Gasteiger partial charge in [0.1, 0.15) is 0 Å². The smallest absolute Gasteiger partial charge is 0.0579 e. The van der Waals surface area contributed by atoms with Crippen LogP contribution in [0.1, 0.15) is 12.8 Å². The van der Waals surface area contributed by atoms with Crippen LogP contribution in [0.3, 0.4) is 0 Å². The highest BCUT2D eigenvalue weighted by Crippen LogP contribution is 2.26. The number of allylic oxidation sites excluding steroid dienone is 4. The first-order valence-electron chi connectivity index (χ1n) is 4.33. The van der Waals surface area contributed by atoms with Crippen molar-refractivity contribution in [1.29, 1.82) is 0 Å². The van der Waals surface area contributed by atoms with Crippen LogP contribution < -0.4 is 0 Å². The van der Waals surface area contributed by atoms with E-state index in [1.165, 1.54) is 0 Å². The first kappa shape index (κ1) is 7.62. The van der Waals surface area contributed by atoms with Gasteiger partial charge < -0.3 is 10.0 Å². The Morgan fingerprint density at radius 2 is 1.58 bits per heavy atom. The first-order chi connectivity index (χ1) is 5.86. The zero-order chi connectivity index (χ0) is 8.39. The fourth-order valence-corrected chi connectivity index (χ4v) is 1.52. The lowest BCUT2D eigenvalue weighted by Gasteiger charge is -2.38. The minimum Gasteiger partial charge on any atom is -0.393 e. The fraction of sp³-hybridized carbons (Fsp3) is 0.400. The minimum atomic E-state index is -0.0759. The van der Waals surface area contributed by atoms with Gasteiger partial charge in [0.15, 0.2) is 0 Å². The second-order valence-electron chi connectivity index (χ2n) is 3.29. The van der Waals surface area contributed by atoms with Crippen molar-refractivity contribution in [2.75, 3.05) is 0 Å². The van der Waals surface area contributed by atoms with Crippen LogP contribution in [0.5, 0.6) is 0 Å². The molecule has 0 bridgehead atoms. The first-order valence-corrected chi connectivity index (χ1v) is 4.33. The number of aliphatic hydroxyl groups excluding tert-OH is 1. The number of rotatable bonds is 1. The predicted octanol–water partition coefficient (Wildman–Crippen LogP) is 1.41. The monoisotopic (exact) mass is 163 g/mol. The van der Waals surface area contributed by atoms with Crippen molar-refractivity contribution in [2.45, 2.75) is 25.0 Å². The Balaban J connectivity index is 1.96. The molecule has 2 rings (SSSR count). The summed E-state index contributed by atoms with van der Waals surface area (Å²) >= 11 is 0. The largest absolute Gasteiger partial charge is 0.393 e. The van der Waals surface area contributed by atoms with Gasteiger partial charge in [-0.05, 0) is 25.0 Å². The lowest BCUT2D eigenvalue weighted by atomic mass is 9.88. The Hall–Kier alpha value is -1.02. The topological polar surface area (TPSA) is 23.5 Å². The lowest BCUT2D eigenvalue weighted by Crippen LogP contribution is -2.42. The zero-order valence-electron chi connectivity index (χ0n) is 6.93. The summed E-state index contributed by atoms with van der Waals surface area (Å²) < 4.78 is 0. The van der Waals surface area contributed by atoms with Crippen molar-refractivity contribution < 1.29 is 5.11 Å². The van der Waals surface area contributed by atoms with E-state index < -0.39 is 0 Å². The molecule has 0 aromatic carbocycles. The normalized spacial score (nSPS) is 33.2. The van der Waals surface area contributed by atoms with Crippen molar-refractivity contribution >= 4 is 0 Å². The fourth-order valence-electron chi connectivity index (χ4n) is 1.52. The van der Waals surface area contributed by atoms with E-state index in [0.717, 1.165) is 12.8 Å². The van der Waals surface area contributed by atoms with Gasteiger partial charge in [0.25, 0.3) is 0 Å². The van der Waals surface area contributed by atoms with Crippen LogP contribution >= 0.6 is 0 Å². The third-order valence-electron chi connectivity index (χ3n) is 2.36. The molecule has 0 radical (unpaired) electrons. The van der Waals surface area contributed by atoms with Gasteiger partial charge in [0.05, 0.1) is 6.10 Å². The molecule has 0 saturated heterocycles. The van der Waals surface area contributed by atoms with Gasteiger partial charge in [-0.25, -0.2) is 0 Å². The van der Waals surface area contributed by atoms with Crippen molar-refractivity contribution in [3.63, 3.8) is 0 Å². The van der Waals surface area contributed by atoms with Crippen molar-refractivity contribution in [1.82, 2.24) is 4.90 Å². The van der Waals surface area contributed by atoms with Crippen LogP contribution in [0, 0.1) is 0 Å². The van der Waals surface area contributed by atoms with E-state index >= 15 is 0 Å². The molecule has 64 valence electrons. The molecule has 1 fully saturated rings. The second-order valence-corrected chi connectivity index (χ2v) is 3.29. The maximum atomic E-state index is 9.13. The van der Waals surface area contributed by atoms with E-state index in [0.29, 0.717) is 6.04 Å². The van der Waals surface area contributed by atoms with E-state index in [9.17, 15) is 0 Å². The number of hydrogen-bond donors (Lipinski definition) is 1. The molecular formula is C10H13NO. The average molecular weight is 163 g/mol. The molecule has 2 heteroatoms. The van der Waals surface area contributed by atoms with Crippen molar-refractivity contribution in [2.24, 2.45) is 0 Å². The van der Waals surface area contributed by atoms with E-state index in [2.05, 4.69) is 17.3 Å². The van der Waals surface area contributed by atoms with E-state index in [-0.39, 0.29) is 6.10 Å². The molecule has 2 aliphatic rings. The SMILES string of the molecule is OC1CC(N2C=CC=CC=C2)C1. The second kappa shape index (κ2) is 3.15. The molecule has 1 N–H and O–H groups in total. The third-order valence-corrected chi connectivity index (χ3v) is 2.36. The molecular weight excluding hydrogens is 150 g/mol. The maximum absolute atomic E-state index is 9.13. The Bertz CT molecular complexity index is 220. The minimum absolute atomic E-state index is 0.0759. The van der Waals surface area contributed by atoms with Gasteiger partial charge in [-0.15, -0.1) is 0 Å². The van der Waals surface area contributed by atoms with E-state index in [4.69, 9.17) is 5.11 Å². The average Bonchev–Trinajstić information content (AvgIpc) is 2.26. The molecule has 1 aliphatic heterocycles. The van der Waals surface area contributed by atoms with Crippen molar-refractivity contribution in [3.8, 4) is 0 Å². The van der Waals surface area contributed by atoms with Gasteiger partial charge in [-0.2, -0.15) is 0 Å². The standard InChI is InChI=1S/C10H13NO/c12-10-7-9(8-10)11-5-3-1-2-4-6-11/h1-6,9-10,12H,7-8H2. The molecule has 0 aromatic heterocycles. The number of hydrogen-bond acceptors (Lipinski definition) is 2. The predicted molar refractivity (Wildman–Crippen MR) is 48.3 cm³/mol. The zero-order valence-corrected chi connectivity index (χ0v) is 6.93. The van der Waals surface area contributed by atoms with Gasteiger partial charge in [0.2, 0.25) is 0 Å². The Kier molecular flexibility index (Phi) is 2.00. The quantitative estimate of drug-likeness (QED) is 0.631. The highest BCUT2D eigenvalue weighted by atomic mass is 16.3. The highest BCUT2D eigenvalue weighted by molar-refractivity contribution is 5.17. The van der Waals surface area contributed by atoms with Crippen LogP contribution in [-0.2, 0) is 0 Å². The summed E-state index contributed by atoms with van der Waals surface area (Å²) in [5, 5.41) is 9.13. The summed E-state index contributed by atoms with van der Waals surface area (Å²) in [4.78, 5) is 2.16. The summed E-state index contributed by atoms with van der Waals surface area (Å²) in [5.74, 6) is 0. The van der Waals surface area contributed by atoms with Crippen molar-refractivity contribution in [3.05, 3.63) is 36.7 Å². The summed E-state index contributed by atoms with van der Waals surface area (Å²) in [6, 6.07) is 0.507. The molecule has 0 atom stereocenters. The molecule has 0 aromatic rings. The summed E-state index contributed by atoms with van der Waals surface area (Å²) in [6.07, 6.45) is 13.9. The van der Waals surface area contributed by atoms with Gasteiger partial charge >= 0.3 is 0 Å². The third kappa shape index (κ3) is 1.43. The van der Waals surface area contributed by atoms with Gasteiger partial charge in [0, 0.05) is 18.4 Å². The molecule has 0 spiro atoms. The van der Waals surface area contributed by atoms with Crippen LogP contribution in [-0.4, -0.2) is 22.2 Å². The molecule has 2 nitrogen and oxygen atoms in total. The Morgan fingerprint density at radius 3 is 2.08 bits per heavy atom. The van der Waals surface area contributed by atoms with Crippen LogP contribution in [0.2, 0.25) is 0 Å². The molecule has 1 saturated carbocycles.